The number of aryl methyl sites for hydroxylation is 1. The van der Waals surface area contributed by atoms with Crippen LogP contribution in [0.4, 0.5) is 0 Å². The molecule has 3 N–H and O–H groups in total. The number of rotatable bonds is 2. The molecule has 0 radical (unpaired) electrons. The summed E-state index contributed by atoms with van der Waals surface area (Å²) in [5.41, 5.74) is 9.75. The Morgan fingerprint density at radius 3 is 3.06 bits per heavy atom. The maximum Gasteiger partial charge on any atom is 0.0456 e. The molecule has 1 aromatic heterocycles. The van der Waals surface area contributed by atoms with Crippen molar-refractivity contribution in [3.8, 4) is 0 Å². The Bertz CT molecular complexity index is 529. The molecule has 0 aliphatic carbocycles. The molecule has 2 aromatic rings. The predicted molar refractivity (Wildman–Crippen MR) is 70.9 cm³/mol. The summed E-state index contributed by atoms with van der Waals surface area (Å²) in [6.07, 6.45) is 1.13. The SMILES string of the molecule is Cc1cc2cc(CN3CCC(N)C3)ccc2[nH]1. The van der Waals surface area contributed by atoms with Gasteiger partial charge in [0.2, 0.25) is 0 Å². The van der Waals surface area contributed by atoms with Gasteiger partial charge >= 0.3 is 0 Å². The second-order valence-corrected chi connectivity index (χ2v) is 5.16. The van der Waals surface area contributed by atoms with E-state index in [1.165, 1.54) is 22.2 Å². The van der Waals surface area contributed by atoms with Crippen molar-refractivity contribution in [2.45, 2.75) is 25.9 Å². The van der Waals surface area contributed by atoms with Gasteiger partial charge in [-0.3, -0.25) is 4.90 Å². The van der Waals surface area contributed by atoms with E-state index in [9.17, 15) is 0 Å². The largest absolute Gasteiger partial charge is 0.359 e. The van der Waals surface area contributed by atoms with E-state index < -0.39 is 0 Å². The first-order valence-electron chi connectivity index (χ1n) is 6.27. The van der Waals surface area contributed by atoms with Crippen LogP contribution in [0.25, 0.3) is 10.9 Å². The predicted octanol–water partition coefficient (Wildman–Crippen LogP) is 2.01. The molecule has 0 spiro atoms. The number of fused-ring (bicyclic) bond motifs is 1. The molecule has 1 saturated heterocycles. The Morgan fingerprint density at radius 2 is 2.29 bits per heavy atom. The molecular formula is C14H19N3. The third kappa shape index (κ3) is 2.21. The highest BCUT2D eigenvalue weighted by Crippen LogP contribution is 2.19. The fourth-order valence-electron chi connectivity index (χ4n) is 2.69. The first kappa shape index (κ1) is 10.8. The summed E-state index contributed by atoms with van der Waals surface area (Å²) in [4.78, 5) is 5.79. The van der Waals surface area contributed by atoms with Gasteiger partial charge in [0.1, 0.15) is 0 Å². The lowest BCUT2D eigenvalue weighted by molar-refractivity contribution is 0.327. The lowest BCUT2D eigenvalue weighted by Crippen LogP contribution is -2.26. The van der Waals surface area contributed by atoms with E-state index in [1.54, 1.807) is 0 Å². The molecule has 1 aliphatic rings. The number of hydrogen-bond donors (Lipinski definition) is 2. The van der Waals surface area contributed by atoms with Gasteiger partial charge in [0.25, 0.3) is 0 Å². The van der Waals surface area contributed by atoms with Crippen LogP contribution in [0.1, 0.15) is 17.7 Å². The average molecular weight is 229 g/mol. The minimum absolute atomic E-state index is 0.369. The van der Waals surface area contributed by atoms with Gasteiger partial charge in [-0.05, 0) is 42.5 Å². The van der Waals surface area contributed by atoms with Crippen LogP contribution in [-0.4, -0.2) is 29.0 Å². The summed E-state index contributed by atoms with van der Waals surface area (Å²) in [7, 11) is 0. The number of H-pyrrole nitrogens is 1. The maximum atomic E-state index is 5.93. The van der Waals surface area contributed by atoms with Crippen molar-refractivity contribution in [2.75, 3.05) is 13.1 Å². The molecule has 1 atom stereocenters. The summed E-state index contributed by atoms with van der Waals surface area (Å²) in [6.45, 7) is 5.28. The van der Waals surface area contributed by atoms with Crippen LogP contribution in [0.15, 0.2) is 24.3 Å². The smallest absolute Gasteiger partial charge is 0.0456 e. The third-order valence-corrected chi connectivity index (χ3v) is 3.53. The Labute approximate surface area is 102 Å². The van der Waals surface area contributed by atoms with E-state index in [0.717, 1.165) is 26.1 Å². The van der Waals surface area contributed by atoms with E-state index in [1.807, 2.05) is 0 Å². The monoisotopic (exact) mass is 229 g/mol. The second kappa shape index (κ2) is 4.17. The van der Waals surface area contributed by atoms with Gasteiger partial charge in [-0.25, -0.2) is 0 Å². The van der Waals surface area contributed by atoms with Gasteiger partial charge in [-0.1, -0.05) is 6.07 Å². The van der Waals surface area contributed by atoms with Crippen LogP contribution in [0.3, 0.4) is 0 Å². The molecule has 2 heterocycles. The van der Waals surface area contributed by atoms with Gasteiger partial charge in [-0.2, -0.15) is 0 Å². The minimum Gasteiger partial charge on any atom is -0.359 e. The van der Waals surface area contributed by atoms with Crippen LogP contribution < -0.4 is 5.73 Å². The topological polar surface area (TPSA) is 45.0 Å². The number of nitrogens with one attached hydrogen (secondary N) is 1. The normalized spacial score (nSPS) is 21.4. The Hall–Kier alpha value is -1.32. The summed E-state index contributed by atoms with van der Waals surface area (Å²) >= 11 is 0. The Kier molecular flexibility index (Phi) is 2.65. The van der Waals surface area contributed by atoms with Crippen LogP contribution >= 0.6 is 0 Å². The zero-order chi connectivity index (χ0) is 11.8. The Balaban J connectivity index is 1.80. The van der Waals surface area contributed by atoms with Crippen LogP contribution in [0.5, 0.6) is 0 Å². The van der Waals surface area contributed by atoms with Gasteiger partial charge < -0.3 is 10.7 Å². The first-order valence-corrected chi connectivity index (χ1v) is 6.27. The minimum atomic E-state index is 0.369. The average Bonchev–Trinajstić information content (AvgIpc) is 2.83. The highest BCUT2D eigenvalue weighted by atomic mass is 15.2. The lowest BCUT2D eigenvalue weighted by Gasteiger charge is -2.15. The summed E-state index contributed by atoms with van der Waals surface area (Å²) in [5, 5.41) is 1.31. The first-order chi connectivity index (χ1) is 8.20. The maximum absolute atomic E-state index is 5.93. The lowest BCUT2D eigenvalue weighted by atomic mass is 10.1. The number of aromatic amines is 1. The number of likely N-dealkylation sites (tertiary alicyclic amines) is 1. The van der Waals surface area contributed by atoms with Crippen molar-refractivity contribution in [1.29, 1.82) is 0 Å². The molecule has 1 aromatic carbocycles. The molecule has 0 amide bonds. The Morgan fingerprint density at radius 1 is 1.41 bits per heavy atom. The number of aromatic nitrogens is 1. The number of nitrogens with zero attached hydrogens (tertiary/aromatic N) is 1. The highest BCUT2D eigenvalue weighted by Gasteiger charge is 2.18. The molecule has 1 unspecified atom stereocenters. The molecule has 1 fully saturated rings. The van der Waals surface area contributed by atoms with Gasteiger partial charge in [0, 0.05) is 36.9 Å². The van der Waals surface area contributed by atoms with E-state index in [0.29, 0.717) is 6.04 Å². The van der Waals surface area contributed by atoms with E-state index in [2.05, 4.69) is 41.1 Å². The molecule has 0 saturated carbocycles. The molecule has 3 nitrogen and oxygen atoms in total. The highest BCUT2D eigenvalue weighted by molar-refractivity contribution is 5.81. The van der Waals surface area contributed by atoms with Crippen molar-refractivity contribution in [3.05, 3.63) is 35.5 Å². The zero-order valence-electron chi connectivity index (χ0n) is 10.2. The standard InChI is InChI=1S/C14H19N3/c1-10-6-12-7-11(2-3-14(12)16-10)8-17-5-4-13(15)9-17/h2-3,6-7,13,16H,4-5,8-9,15H2,1H3. The summed E-state index contributed by atoms with van der Waals surface area (Å²) in [5.74, 6) is 0. The number of benzene rings is 1. The van der Waals surface area contributed by atoms with Crippen molar-refractivity contribution in [2.24, 2.45) is 5.73 Å². The third-order valence-electron chi connectivity index (χ3n) is 3.53. The quantitative estimate of drug-likeness (QED) is 0.827. The molecule has 17 heavy (non-hydrogen) atoms. The van der Waals surface area contributed by atoms with E-state index in [-0.39, 0.29) is 0 Å². The fourth-order valence-corrected chi connectivity index (χ4v) is 2.69. The molecule has 90 valence electrons. The molecule has 3 heteroatoms. The van der Waals surface area contributed by atoms with Crippen molar-refractivity contribution < 1.29 is 0 Å². The molecular weight excluding hydrogens is 210 g/mol. The van der Waals surface area contributed by atoms with Crippen LogP contribution in [0, 0.1) is 6.92 Å². The van der Waals surface area contributed by atoms with Crippen molar-refractivity contribution in [3.63, 3.8) is 0 Å². The summed E-state index contributed by atoms with van der Waals surface area (Å²) < 4.78 is 0. The molecule has 1 aliphatic heterocycles. The van der Waals surface area contributed by atoms with Gasteiger partial charge in [0.15, 0.2) is 0 Å². The fraction of sp³-hybridized carbons (Fsp3) is 0.429. The number of hydrogen-bond acceptors (Lipinski definition) is 2. The zero-order valence-corrected chi connectivity index (χ0v) is 10.2. The summed E-state index contributed by atoms with van der Waals surface area (Å²) in [6, 6.07) is 9.24. The van der Waals surface area contributed by atoms with Gasteiger partial charge in [-0.15, -0.1) is 0 Å². The van der Waals surface area contributed by atoms with Crippen LogP contribution in [0.2, 0.25) is 0 Å². The molecule has 3 rings (SSSR count). The van der Waals surface area contributed by atoms with Gasteiger partial charge in [0.05, 0.1) is 0 Å². The number of nitrogens with two attached hydrogens (primary N) is 1. The van der Waals surface area contributed by atoms with E-state index >= 15 is 0 Å². The van der Waals surface area contributed by atoms with Crippen molar-refractivity contribution in [1.82, 2.24) is 9.88 Å². The second-order valence-electron chi connectivity index (χ2n) is 5.16. The molecule has 0 bridgehead atoms. The van der Waals surface area contributed by atoms with E-state index in [4.69, 9.17) is 5.73 Å². The van der Waals surface area contributed by atoms with Crippen LogP contribution in [-0.2, 0) is 6.54 Å². The van der Waals surface area contributed by atoms with Crippen molar-refractivity contribution >= 4 is 10.9 Å².